The average Bonchev–Trinajstić information content (AvgIpc) is 2.20. The van der Waals surface area contributed by atoms with Crippen LogP contribution in [0.25, 0.3) is 0 Å². The number of nitrogens with two attached hydrogens (primary N) is 1. The molecule has 1 aliphatic rings. The second kappa shape index (κ2) is 3.79. The predicted molar refractivity (Wildman–Crippen MR) is 55.4 cm³/mol. The number of para-hydroxylation sites is 1. The van der Waals surface area contributed by atoms with Gasteiger partial charge >= 0.3 is 0 Å². The highest BCUT2D eigenvalue weighted by atomic mass is 14.9. The number of hydrogen-bond donors (Lipinski definition) is 2. The van der Waals surface area contributed by atoms with Crippen molar-refractivity contribution >= 4 is 5.69 Å². The maximum atomic E-state index is 5.91. The predicted octanol–water partition coefficient (Wildman–Crippen LogP) is 2.08. The second-order valence-electron chi connectivity index (χ2n) is 3.63. The highest BCUT2D eigenvalue weighted by molar-refractivity contribution is 5.48. The van der Waals surface area contributed by atoms with Gasteiger partial charge < -0.3 is 11.1 Å². The number of piperidine rings is 1. The molecule has 0 aromatic heterocycles. The lowest BCUT2D eigenvalue weighted by molar-refractivity contribution is 0.413. The number of anilines is 1. The number of hydrogen-bond acceptors (Lipinski definition) is 2. The molecule has 1 heterocycles. The topological polar surface area (TPSA) is 38.0 Å². The largest absolute Gasteiger partial charge is 0.398 e. The fourth-order valence-electron chi connectivity index (χ4n) is 1.95. The zero-order valence-corrected chi connectivity index (χ0v) is 7.79. The summed E-state index contributed by atoms with van der Waals surface area (Å²) in [6.07, 6.45) is 3.82. The van der Waals surface area contributed by atoms with Gasteiger partial charge in [0.1, 0.15) is 0 Å². The van der Waals surface area contributed by atoms with Gasteiger partial charge in [0, 0.05) is 11.7 Å². The minimum Gasteiger partial charge on any atom is -0.398 e. The molecule has 1 atom stereocenters. The van der Waals surface area contributed by atoms with E-state index in [0.29, 0.717) is 6.04 Å². The van der Waals surface area contributed by atoms with Crippen molar-refractivity contribution in [1.82, 2.24) is 5.32 Å². The lowest BCUT2D eigenvalue weighted by Gasteiger charge is -2.24. The Bertz CT molecular complexity index is 277. The Kier molecular flexibility index (Phi) is 2.50. The van der Waals surface area contributed by atoms with Crippen molar-refractivity contribution in [2.75, 3.05) is 12.3 Å². The summed E-state index contributed by atoms with van der Waals surface area (Å²) in [5, 5.41) is 3.50. The Balaban J connectivity index is 2.18. The lowest BCUT2D eigenvalue weighted by atomic mass is 9.96. The zero-order valence-electron chi connectivity index (χ0n) is 7.79. The SMILES string of the molecule is Nc1ccccc1[C@@H]1CCCCN1. The molecule has 2 nitrogen and oxygen atoms in total. The maximum absolute atomic E-state index is 5.91. The summed E-state index contributed by atoms with van der Waals surface area (Å²) in [4.78, 5) is 0. The summed E-state index contributed by atoms with van der Waals surface area (Å²) in [6.45, 7) is 1.12. The van der Waals surface area contributed by atoms with Crippen molar-refractivity contribution in [3.05, 3.63) is 29.8 Å². The second-order valence-corrected chi connectivity index (χ2v) is 3.63. The molecule has 2 rings (SSSR count). The van der Waals surface area contributed by atoms with E-state index in [-0.39, 0.29) is 0 Å². The van der Waals surface area contributed by atoms with Crippen molar-refractivity contribution in [2.24, 2.45) is 0 Å². The van der Waals surface area contributed by atoms with E-state index in [2.05, 4.69) is 17.4 Å². The molecule has 0 saturated carbocycles. The van der Waals surface area contributed by atoms with Gasteiger partial charge in [-0.3, -0.25) is 0 Å². The van der Waals surface area contributed by atoms with Crippen LogP contribution < -0.4 is 11.1 Å². The van der Waals surface area contributed by atoms with Gasteiger partial charge in [-0.05, 0) is 31.0 Å². The van der Waals surface area contributed by atoms with Gasteiger partial charge in [0.15, 0.2) is 0 Å². The Morgan fingerprint density at radius 3 is 2.77 bits per heavy atom. The molecule has 1 aromatic carbocycles. The summed E-state index contributed by atoms with van der Waals surface area (Å²) in [6, 6.07) is 8.63. The molecule has 2 heteroatoms. The third kappa shape index (κ3) is 1.83. The lowest BCUT2D eigenvalue weighted by Crippen LogP contribution is -2.27. The molecule has 0 aliphatic carbocycles. The summed E-state index contributed by atoms with van der Waals surface area (Å²) < 4.78 is 0. The molecule has 1 aromatic rings. The molecule has 0 spiro atoms. The molecular weight excluding hydrogens is 160 g/mol. The van der Waals surface area contributed by atoms with Gasteiger partial charge in [-0.15, -0.1) is 0 Å². The molecule has 3 N–H and O–H groups in total. The summed E-state index contributed by atoms with van der Waals surface area (Å²) in [5.41, 5.74) is 8.10. The van der Waals surface area contributed by atoms with Crippen LogP contribution in [0.3, 0.4) is 0 Å². The van der Waals surface area contributed by atoms with E-state index < -0.39 is 0 Å². The van der Waals surface area contributed by atoms with Crippen LogP contribution in [-0.4, -0.2) is 6.54 Å². The fraction of sp³-hybridized carbons (Fsp3) is 0.455. The molecule has 0 radical (unpaired) electrons. The third-order valence-corrected chi connectivity index (χ3v) is 2.68. The molecule has 0 amide bonds. The van der Waals surface area contributed by atoms with E-state index in [1.165, 1.54) is 24.8 Å². The first-order valence-electron chi connectivity index (χ1n) is 4.96. The molecule has 13 heavy (non-hydrogen) atoms. The van der Waals surface area contributed by atoms with Crippen LogP contribution in [0.15, 0.2) is 24.3 Å². The third-order valence-electron chi connectivity index (χ3n) is 2.68. The Labute approximate surface area is 79.1 Å². The smallest absolute Gasteiger partial charge is 0.0362 e. The minimum atomic E-state index is 0.481. The van der Waals surface area contributed by atoms with Gasteiger partial charge in [0.25, 0.3) is 0 Å². The Morgan fingerprint density at radius 1 is 1.23 bits per heavy atom. The van der Waals surface area contributed by atoms with Crippen LogP contribution in [0.4, 0.5) is 5.69 Å². The van der Waals surface area contributed by atoms with Crippen molar-refractivity contribution in [1.29, 1.82) is 0 Å². The van der Waals surface area contributed by atoms with E-state index in [1.807, 2.05) is 12.1 Å². The number of rotatable bonds is 1. The first kappa shape index (κ1) is 8.57. The van der Waals surface area contributed by atoms with Crippen LogP contribution in [-0.2, 0) is 0 Å². The molecule has 70 valence electrons. The van der Waals surface area contributed by atoms with Crippen molar-refractivity contribution in [3.8, 4) is 0 Å². The fourth-order valence-corrected chi connectivity index (χ4v) is 1.95. The molecule has 0 unspecified atom stereocenters. The summed E-state index contributed by atoms with van der Waals surface area (Å²) in [5.74, 6) is 0. The molecular formula is C11H16N2. The van der Waals surface area contributed by atoms with Crippen molar-refractivity contribution in [2.45, 2.75) is 25.3 Å². The van der Waals surface area contributed by atoms with Gasteiger partial charge in [0.2, 0.25) is 0 Å². The summed E-state index contributed by atoms with van der Waals surface area (Å²) in [7, 11) is 0. The molecule has 0 bridgehead atoms. The Hall–Kier alpha value is -1.02. The zero-order chi connectivity index (χ0) is 9.10. The van der Waals surface area contributed by atoms with Crippen LogP contribution >= 0.6 is 0 Å². The van der Waals surface area contributed by atoms with Crippen molar-refractivity contribution < 1.29 is 0 Å². The quantitative estimate of drug-likeness (QED) is 0.643. The van der Waals surface area contributed by atoms with E-state index in [9.17, 15) is 0 Å². The number of nitrogens with one attached hydrogen (secondary N) is 1. The van der Waals surface area contributed by atoms with Crippen LogP contribution in [0.5, 0.6) is 0 Å². The van der Waals surface area contributed by atoms with E-state index in [1.54, 1.807) is 0 Å². The molecule has 1 aliphatic heterocycles. The maximum Gasteiger partial charge on any atom is 0.0362 e. The normalized spacial score (nSPS) is 22.9. The average molecular weight is 176 g/mol. The Morgan fingerprint density at radius 2 is 2.08 bits per heavy atom. The highest BCUT2D eigenvalue weighted by Crippen LogP contribution is 2.26. The number of benzene rings is 1. The van der Waals surface area contributed by atoms with Gasteiger partial charge in [0.05, 0.1) is 0 Å². The van der Waals surface area contributed by atoms with Gasteiger partial charge in [-0.25, -0.2) is 0 Å². The summed E-state index contributed by atoms with van der Waals surface area (Å²) >= 11 is 0. The van der Waals surface area contributed by atoms with Crippen molar-refractivity contribution in [3.63, 3.8) is 0 Å². The van der Waals surface area contributed by atoms with Crippen LogP contribution in [0.1, 0.15) is 30.9 Å². The first-order valence-corrected chi connectivity index (χ1v) is 4.96. The van der Waals surface area contributed by atoms with Gasteiger partial charge in [-0.1, -0.05) is 24.6 Å². The highest BCUT2D eigenvalue weighted by Gasteiger charge is 2.15. The van der Waals surface area contributed by atoms with E-state index >= 15 is 0 Å². The number of nitrogen functional groups attached to an aromatic ring is 1. The van der Waals surface area contributed by atoms with E-state index in [0.717, 1.165) is 12.2 Å². The molecule has 1 saturated heterocycles. The first-order chi connectivity index (χ1) is 6.38. The van der Waals surface area contributed by atoms with Crippen LogP contribution in [0.2, 0.25) is 0 Å². The van der Waals surface area contributed by atoms with Gasteiger partial charge in [-0.2, -0.15) is 0 Å². The standard InChI is InChI=1S/C11H16N2/c12-10-6-2-1-5-9(10)11-7-3-4-8-13-11/h1-2,5-6,11,13H,3-4,7-8,12H2/t11-/m0/s1. The monoisotopic (exact) mass is 176 g/mol. The molecule has 1 fully saturated rings. The minimum absolute atomic E-state index is 0.481. The van der Waals surface area contributed by atoms with Crippen LogP contribution in [0, 0.1) is 0 Å². The van der Waals surface area contributed by atoms with E-state index in [4.69, 9.17) is 5.73 Å².